The second kappa shape index (κ2) is 9.73. The first kappa shape index (κ1) is 23.8. The molecule has 1 aromatic heterocycles. The average molecular weight is 526 g/mol. The predicted octanol–water partition coefficient (Wildman–Crippen LogP) is 7.58. The van der Waals surface area contributed by atoms with Crippen LogP contribution in [0.15, 0.2) is 47.0 Å². The molecule has 1 saturated carbocycles. The van der Waals surface area contributed by atoms with Gasteiger partial charge in [0.05, 0.1) is 22.8 Å². The van der Waals surface area contributed by atoms with Gasteiger partial charge in [-0.05, 0) is 69.2 Å². The van der Waals surface area contributed by atoms with E-state index in [2.05, 4.69) is 10.5 Å². The molecule has 188 valence electrons. The smallest absolute Gasteiger partial charge is 0.322 e. The Balaban J connectivity index is 1.16. The fourth-order valence-electron chi connectivity index (χ4n) is 5.74. The summed E-state index contributed by atoms with van der Waals surface area (Å²) in [7, 11) is 0. The molecule has 2 saturated heterocycles. The van der Waals surface area contributed by atoms with Crippen molar-refractivity contribution in [1.82, 2.24) is 10.1 Å². The van der Waals surface area contributed by atoms with Crippen molar-refractivity contribution in [2.45, 2.75) is 76.2 Å². The van der Waals surface area contributed by atoms with Crippen LogP contribution in [-0.2, 0) is 11.3 Å². The van der Waals surface area contributed by atoms with E-state index in [9.17, 15) is 4.79 Å². The third kappa shape index (κ3) is 4.51. The van der Waals surface area contributed by atoms with Crippen LogP contribution in [0.5, 0.6) is 0 Å². The second-order valence-electron chi connectivity index (χ2n) is 10.2. The third-order valence-electron chi connectivity index (χ3n) is 7.74. The van der Waals surface area contributed by atoms with Gasteiger partial charge in [-0.2, -0.15) is 0 Å². The predicted molar refractivity (Wildman–Crippen MR) is 141 cm³/mol. The molecule has 2 aliphatic heterocycles. The van der Waals surface area contributed by atoms with Crippen LogP contribution in [0.25, 0.3) is 11.3 Å². The summed E-state index contributed by atoms with van der Waals surface area (Å²) in [6.45, 7) is 2.40. The maximum absolute atomic E-state index is 13.2. The molecule has 3 fully saturated rings. The molecule has 3 aromatic rings. The number of benzene rings is 2. The van der Waals surface area contributed by atoms with Crippen LogP contribution >= 0.6 is 23.2 Å². The third-order valence-corrected chi connectivity index (χ3v) is 8.37. The van der Waals surface area contributed by atoms with Crippen LogP contribution in [0.2, 0.25) is 10.0 Å². The topological polar surface area (TPSA) is 67.6 Å². The molecule has 3 aliphatic rings. The van der Waals surface area contributed by atoms with Crippen molar-refractivity contribution in [2.75, 3.05) is 5.32 Å². The highest BCUT2D eigenvalue weighted by atomic mass is 35.5. The number of para-hydroxylation sites is 1. The Kier molecular flexibility index (Phi) is 6.44. The van der Waals surface area contributed by atoms with E-state index in [1.54, 1.807) is 0 Å². The van der Waals surface area contributed by atoms with Gasteiger partial charge >= 0.3 is 6.03 Å². The highest BCUT2D eigenvalue weighted by Crippen LogP contribution is 2.46. The van der Waals surface area contributed by atoms with Crippen LogP contribution in [0.1, 0.15) is 61.3 Å². The van der Waals surface area contributed by atoms with Gasteiger partial charge in [-0.15, -0.1) is 0 Å². The Morgan fingerprint density at radius 1 is 1.06 bits per heavy atom. The summed E-state index contributed by atoms with van der Waals surface area (Å²) in [5.41, 5.74) is 4.24. The van der Waals surface area contributed by atoms with Crippen molar-refractivity contribution in [3.8, 4) is 11.3 Å². The first-order chi connectivity index (χ1) is 17.5. The largest absolute Gasteiger partial charge is 0.373 e. The van der Waals surface area contributed by atoms with Gasteiger partial charge in [-0.25, -0.2) is 4.79 Å². The molecule has 1 N–H and O–H groups in total. The van der Waals surface area contributed by atoms with Crippen LogP contribution in [0, 0.1) is 6.92 Å². The highest BCUT2D eigenvalue weighted by molar-refractivity contribution is 6.39. The average Bonchev–Trinajstić information content (AvgIpc) is 3.56. The molecule has 2 unspecified atom stereocenters. The van der Waals surface area contributed by atoms with Crippen molar-refractivity contribution < 1.29 is 14.1 Å². The molecule has 36 heavy (non-hydrogen) atoms. The van der Waals surface area contributed by atoms with Gasteiger partial charge in [0.15, 0.2) is 0 Å². The van der Waals surface area contributed by atoms with Crippen molar-refractivity contribution >= 4 is 34.9 Å². The number of ether oxygens (including phenoxy) is 1. The summed E-state index contributed by atoms with van der Waals surface area (Å²) < 4.78 is 12.3. The Hall–Kier alpha value is -2.54. The van der Waals surface area contributed by atoms with E-state index in [0.717, 1.165) is 61.1 Å². The van der Waals surface area contributed by atoms with Gasteiger partial charge in [0.2, 0.25) is 0 Å². The van der Waals surface area contributed by atoms with Crippen molar-refractivity contribution in [3.05, 3.63) is 69.4 Å². The van der Waals surface area contributed by atoms with E-state index in [4.69, 9.17) is 32.5 Å². The molecule has 8 heteroatoms. The Labute approximate surface area is 220 Å². The number of nitrogens with zero attached hydrogens (tertiary/aromatic N) is 2. The zero-order valence-corrected chi connectivity index (χ0v) is 21.7. The molecule has 3 heterocycles. The number of halogens is 2. The van der Waals surface area contributed by atoms with Gasteiger partial charge < -0.3 is 19.5 Å². The molecule has 6 nitrogen and oxygen atoms in total. The molecular formula is C28H29Cl2N3O3. The van der Waals surface area contributed by atoms with Crippen molar-refractivity contribution in [1.29, 1.82) is 0 Å². The Morgan fingerprint density at radius 2 is 1.75 bits per heavy atom. The lowest BCUT2D eigenvalue weighted by Gasteiger charge is -2.38. The number of piperidine rings is 1. The lowest BCUT2D eigenvalue weighted by molar-refractivity contribution is -0.0158. The molecular weight excluding hydrogens is 497 g/mol. The van der Waals surface area contributed by atoms with Gasteiger partial charge in [0, 0.05) is 34.8 Å². The number of carbonyl (C=O) groups excluding carboxylic acids is 1. The first-order valence-corrected chi connectivity index (χ1v) is 13.4. The fraction of sp³-hybridized carbons (Fsp3) is 0.429. The second-order valence-corrected chi connectivity index (χ2v) is 11.0. The Bertz CT molecular complexity index is 1250. The number of anilines is 1. The normalized spacial score (nSPS) is 23.2. The molecule has 6 rings (SSSR count). The van der Waals surface area contributed by atoms with Crippen LogP contribution < -0.4 is 5.32 Å². The molecule has 0 radical (unpaired) electrons. The van der Waals surface area contributed by atoms with E-state index in [1.807, 2.05) is 54.3 Å². The number of carbonyl (C=O) groups is 1. The standard InChI is InChI=1S/C28H29Cl2N3O3/c1-16-5-2-3-8-24(16)31-28(34)33-18-11-12-19(33)14-20(13-18)35-15-21-26(32-36-27(21)17-9-10-17)25-22(29)6-4-7-23(25)30/h2-8,17-20H,9-15H2,1H3,(H,31,34). The number of aryl methyl sites for hydroxylation is 1. The monoisotopic (exact) mass is 525 g/mol. The number of hydrogen-bond donors (Lipinski definition) is 1. The molecule has 0 spiro atoms. The number of nitrogens with one attached hydrogen (secondary N) is 1. The van der Waals surface area contributed by atoms with Crippen LogP contribution in [-0.4, -0.2) is 34.3 Å². The van der Waals surface area contributed by atoms with Crippen molar-refractivity contribution in [3.63, 3.8) is 0 Å². The first-order valence-electron chi connectivity index (χ1n) is 12.7. The molecule has 2 amide bonds. The SMILES string of the molecule is Cc1ccccc1NC(=O)N1C2CCC1CC(OCc1c(-c3c(Cl)cccc3Cl)noc1C1CC1)C2. The van der Waals surface area contributed by atoms with E-state index in [0.29, 0.717) is 33.8 Å². The number of fused-ring (bicyclic) bond motifs is 2. The number of aromatic nitrogens is 1. The Morgan fingerprint density at radius 3 is 2.42 bits per heavy atom. The quantitative estimate of drug-likeness (QED) is 0.360. The maximum Gasteiger partial charge on any atom is 0.322 e. The van der Waals surface area contributed by atoms with Gasteiger partial charge in [-0.3, -0.25) is 0 Å². The molecule has 2 atom stereocenters. The summed E-state index contributed by atoms with van der Waals surface area (Å²) in [5.74, 6) is 1.27. The molecule has 2 bridgehead atoms. The minimum Gasteiger partial charge on any atom is -0.373 e. The fourth-order valence-corrected chi connectivity index (χ4v) is 6.31. The zero-order valence-electron chi connectivity index (χ0n) is 20.2. The number of amides is 2. The number of hydrogen-bond acceptors (Lipinski definition) is 4. The summed E-state index contributed by atoms with van der Waals surface area (Å²) in [5, 5.41) is 8.58. The van der Waals surface area contributed by atoms with E-state index in [-0.39, 0.29) is 24.2 Å². The summed E-state index contributed by atoms with van der Waals surface area (Å²) in [6, 6.07) is 13.7. The number of rotatable bonds is 6. The van der Waals surface area contributed by atoms with E-state index in [1.165, 1.54) is 0 Å². The van der Waals surface area contributed by atoms with Crippen LogP contribution in [0.4, 0.5) is 10.5 Å². The summed E-state index contributed by atoms with van der Waals surface area (Å²) in [6.07, 6.45) is 5.92. The van der Waals surface area contributed by atoms with Gasteiger partial charge in [0.1, 0.15) is 11.5 Å². The van der Waals surface area contributed by atoms with Crippen molar-refractivity contribution in [2.24, 2.45) is 0 Å². The minimum absolute atomic E-state index is 0.0130. The molecule has 1 aliphatic carbocycles. The summed E-state index contributed by atoms with van der Waals surface area (Å²) in [4.78, 5) is 15.2. The van der Waals surface area contributed by atoms with Gasteiger partial charge in [-0.1, -0.05) is 52.6 Å². The lowest BCUT2D eigenvalue weighted by Crippen LogP contribution is -2.50. The van der Waals surface area contributed by atoms with Crippen LogP contribution in [0.3, 0.4) is 0 Å². The number of urea groups is 1. The highest BCUT2D eigenvalue weighted by Gasteiger charge is 2.44. The maximum atomic E-state index is 13.2. The van der Waals surface area contributed by atoms with E-state index < -0.39 is 0 Å². The minimum atomic E-state index is -0.0130. The van der Waals surface area contributed by atoms with Gasteiger partial charge in [0.25, 0.3) is 0 Å². The summed E-state index contributed by atoms with van der Waals surface area (Å²) >= 11 is 13.0. The lowest BCUT2D eigenvalue weighted by atomic mass is 9.99. The molecule has 2 aromatic carbocycles. The van der Waals surface area contributed by atoms with E-state index >= 15 is 0 Å². The zero-order chi connectivity index (χ0) is 24.8.